The van der Waals surface area contributed by atoms with Gasteiger partial charge in [0.15, 0.2) is 0 Å². The average Bonchev–Trinajstić information content (AvgIpc) is 2.71. The highest BCUT2D eigenvalue weighted by Crippen LogP contribution is 2.22. The smallest absolute Gasteiger partial charge is 0.313 e. The van der Waals surface area contributed by atoms with E-state index >= 15 is 0 Å². The molecule has 2 aromatic carbocycles. The van der Waals surface area contributed by atoms with Gasteiger partial charge in [-0.1, -0.05) is 29.8 Å². The van der Waals surface area contributed by atoms with E-state index in [4.69, 9.17) is 0 Å². The normalized spacial score (nSPS) is 14.5. The third-order valence-electron chi connectivity index (χ3n) is 5.40. The number of hydrogen-bond acceptors (Lipinski definition) is 4. The van der Waals surface area contributed by atoms with E-state index in [-0.39, 0.29) is 5.82 Å². The highest BCUT2D eigenvalue weighted by atomic mass is 19.1. The van der Waals surface area contributed by atoms with Crippen LogP contribution in [0.5, 0.6) is 0 Å². The summed E-state index contributed by atoms with van der Waals surface area (Å²) in [5, 5.41) is 5.40. The number of hydrogen-bond donors (Lipinski definition) is 2. The molecule has 0 aliphatic carbocycles. The van der Waals surface area contributed by atoms with Gasteiger partial charge >= 0.3 is 11.8 Å². The van der Waals surface area contributed by atoms with E-state index in [1.54, 1.807) is 12.1 Å². The number of para-hydroxylation sites is 1. The second-order valence-electron chi connectivity index (χ2n) is 7.76. The molecule has 0 spiro atoms. The fourth-order valence-electron chi connectivity index (χ4n) is 3.88. The molecule has 1 aliphatic heterocycles. The highest BCUT2D eigenvalue weighted by Gasteiger charge is 2.20. The van der Waals surface area contributed by atoms with Gasteiger partial charge in [-0.15, -0.1) is 0 Å². The van der Waals surface area contributed by atoms with Crippen molar-refractivity contribution in [2.75, 3.05) is 49.5 Å². The number of amides is 2. The lowest BCUT2D eigenvalue weighted by Gasteiger charge is -2.36. The molecule has 0 unspecified atom stereocenters. The van der Waals surface area contributed by atoms with Crippen molar-refractivity contribution in [1.82, 2.24) is 10.2 Å². The zero-order chi connectivity index (χ0) is 21.7. The lowest BCUT2D eigenvalue weighted by atomic mass is 10.1. The second kappa shape index (κ2) is 9.71. The minimum Gasteiger partial charge on any atom is -0.367 e. The first kappa shape index (κ1) is 21.8. The number of piperazine rings is 1. The van der Waals surface area contributed by atoms with Gasteiger partial charge in [0.05, 0.1) is 5.69 Å². The first-order valence-electron chi connectivity index (χ1n) is 10.2. The van der Waals surface area contributed by atoms with Crippen LogP contribution in [0.3, 0.4) is 0 Å². The molecule has 1 saturated heterocycles. The van der Waals surface area contributed by atoms with E-state index in [2.05, 4.69) is 15.5 Å². The predicted molar refractivity (Wildman–Crippen MR) is 117 cm³/mol. The zero-order valence-corrected chi connectivity index (χ0v) is 17.8. The minimum atomic E-state index is -0.658. The third kappa shape index (κ3) is 5.36. The van der Waals surface area contributed by atoms with Crippen molar-refractivity contribution < 1.29 is 14.0 Å². The molecule has 3 rings (SSSR count). The molecule has 2 aromatic rings. The number of anilines is 2. The lowest BCUT2D eigenvalue weighted by Crippen LogP contribution is -2.49. The Labute approximate surface area is 177 Å². The topological polar surface area (TPSA) is 64.7 Å². The zero-order valence-electron chi connectivity index (χ0n) is 17.8. The molecule has 0 atom stereocenters. The minimum absolute atomic E-state index is 0.205. The van der Waals surface area contributed by atoms with Crippen LogP contribution in [-0.2, 0) is 9.59 Å². The Morgan fingerprint density at radius 1 is 0.967 bits per heavy atom. The number of carbonyl (C=O) groups excluding carboxylic acids is 2. The molecule has 0 aromatic heterocycles. The average molecular weight is 413 g/mol. The van der Waals surface area contributed by atoms with E-state index in [1.807, 2.05) is 43.9 Å². The first-order chi connectivity index (χ1) is 14.3. The first-order valence-corrected chi connectivity index (χ1v) is 10.2. The molecule has 2 N–H and O–H groups in total. The molecule has 30 heavy (non-hydrogen) atoms. The van der Waals surface area contributed by atoms with Crippen LogP contribution < -0.4 is 15.5 Å². The van der Waals surface area contributed by atoms with Gasteiger partial charge in [-0.25, -0.2) is 4.39 Å². The van der Waals surface area contributed by atoms with Crippen LogP contribution in [0.4, 0.5) is 15.8 Å². The van der Waals surface area contributed by atoms with E-state index < -0.39 is 11.8 Å². The predicted octanol–water partition coefficient (Wildman–Crippen LogP) is 2.63. The molecular weight excluding hydrogens is 383 g/mol. The number of halogens is 1. The van der Waals surface area contributed by atoms with Crippen LogP contribution in [-0.4, -0.2) is 56.0 Å². The maximum atomic E-state index is 13.9. The summed E-state index contributed by atoms with van der Waals surface area (Å²) in [5.74, 6) is -1.50. The van der Waals surface area contributed by atoms with Gasteiger partial charge in [-0.3, -0.25) is 14.5 Å². The van der Waals surface area contributed by atoms with Crippen molar-refractivity contribution in [2.45, 2.75) is 20.8 Å². The Morgan fingerprint density at radius 2 is 1.60 bits per heavy atom. The Bertz CT molecular complexity index is 900. The molecule has 0 saturated carbocycles. The Hall–Kier alpha value is -2.93. The van der Waals surface area contributed by atoms with Crippen LogP contribution in [0, 0.1) is 26.6 Å². The monoisotopic (exact) mass is 412 g/mol. The van der Waals surface area contributed by atoms with Crippen LogP contribution in [0.25, 0.3) is 0 Å². The second-order valence-corrected chi connectivity index (χ2v) is 7.76. The van der Waals surface area contributed by atoms with E-state index in [0.29, 0.717) is 24.5 Å². The number of nitrogens with one attached hydrogen (secondary N) is 2. The van der Waals surface area contributed by atoms with Gasteiger partial charge in [-0.05, 0) is 44.0 Å². The van der Waals surface area contributed by atoms with Gasteiger partial charge in [0.25, 0.3) is 0 Å². The van der Waals surface area contributed by atoms with Crippen molar-refractivity contribution >= 4 is 23.2 Å². The molecule has 0 bridgehead atoms. The van der Waals surface area contributed by atoms with Crippen molar-refractivity contribution in [2.24, 2.45) is 0 Å². The lowest BCUT2D eigenvalue weighted by molar-refractivity contribution is -0.136. The molecule has 2 amide bonds. The highest BCUT2D eigenvalue weighted by molar-refractivity contribution is 6.39. The molecule has 1 heterocycles. The number of rotatable bonds is 5. The summed E-state index contributed by atoms with van der Waals surface area (Å²) in [6, 6.07) is 10.7. The van der Waals surface area contributed by atoms with E-state index in [1.165, 1.54) is 6.07 Å². The fourth-order valence-corrected chi connectivity index (χ4v) is 3.88. The van der Waals surface area contributed by atoms with Crippen LogP contribution in [0.2, 0.25) is 0 Å². The van der Waals surface area contributed by atoms with Gasteiger partial charge < -0.3 is 15.5 Å². The van der Waals surface area contributed by atoms with Gasteiger partial charge in [0.2, 0.25) is 0 Å². The maximum absolute atomic E-state index is 13.9. The van der Waals surface area contributed by atoms with Gasteiger partial charge in [0.1, 0.15) is 5.82 Å². The SMILES string of the molecule is Cc1cc(C)c(NC(=O)C(=O)NCCN2CCN(c3ccccc3F)CC2)c(C)c1. The van der Waals surface area contributed by atoms with E-state index in [0.717, 1.165) is 42.9 Å². The summed E-state index contributed by atoms with van der Waals surface area (Å²) in [6.45, 7) is 9.85. The molecule has 1 aliphatic rings. The molecular formula is C23H29FN4O2. The fraction of sp³-hybridized carbons (Fsp3) is 0.391. The summed E-state index contributed by atoms with van der Waals surface area (Å²) in [5.41, 5.74) is 4.29. The van der Waals surface area contributed by atoms with Crippen LogP contribution >= 0.6 is 0 Å². The number of nitrogens with zero attached hydrogens (tertiary/aromatic N) is 2. The number of benzene rings is 2. The molecule has 1 fully saturated rings. The summed E-state index contributed by atoms with van der Waals surface area (Å²) >= 11 is 0. The van der Waals surface area contributed by atoms with Crippen molar-refractivity contribution in [3.63, 3.8) is 0 Å². The maximum Gasteiger partial charge on any atom is 0.313 e. The Balaban J connectivity index is 1.42. The summed E-state index contributed by atoms with van der Waals surface area (Å²) < 4.78 is 13.9. The van der Waals surface area contributed by atoms with Gasteiger partial charge in [-0.2, -0.15) is 0 Å². The van der Waals surface area contributed by atoms with Crippen molar-refractivity contribution in [3.8, 4) is 0 Å². The summed E-state index contributed by atoms with van der Waals surface area (Å²) in [6.07, 6.45) is 0. The standard InChI is InChI=1S/C23H29FN4O2/c1-16-14-17(2)21(18(3)15-16)26-23(30)22(29)25-8-9-27-10-12-28(13-11-27)20-7-5-4-6-19(20)24/h4-7,14-15H,8-13H2,1-3H3,(H,25,29)(H,26,30). The largest absolute Gasteiger partial charge is 0.367 e. The summed E-state index contributed by atoms with van der Waals surface area (Å²) in [4.78, 5) is 28.6. The van der Waals surface area contributed by atoms with Crippen LogP contribution in [0.1, 0.15) is 16.7 Å². The molecule has 6 nitrogen and oxygen atoms in total. The Kier molecular flexibility index (Phi) is 7.05. The van der Waals surface area contributed by atoms with Gasteiger partial charge in [0, 0.05) is 45.0 Å². The van der Waals surface area contributed by atoms with Crippen LogP contribution in [0.15, 0.2) is 36.4 Å². The number of aryl methyl sites for hydroxylation is 3. The molecule has 7 heteroatoms. The van der Waals surface area contributed by atoms with Crippen molar-refractivity contribution in [3.05, 3.63) is 58.9 Å². The molecule has 0 radical (unpaired) electrons. The number of carbonyl (C=O) groups is 2. The van der Waals surface area contributed by atoms with Crippen molar-refractivity contribution in [1.29, 1.82) is 0 Å². The Morgan fingerprint density at radius 3 is 2.23 bits per heavy atom. The van der Waals surface area contributed by atoms with E-state index in [9.17, 15) is 14.0 Å². The third-order valence-corrected chi connectivity index (χ3v) is 5.40. The molecule has 160 valence electrons. The quantitative estimate of drug-likeness (QED) is 0.741. The summed E-state index contributed by atoms with van der Waals surface area (Å²) in [7, 11) is 0.